The molecule has 162 valence electrons. The summed E-state index contributed by atoms with van der Waals surface area (Å²) >= 11 is 0. The van der Waals surface area contributed by atoms with Crippen LogP contribution in [0.4, 0.5) is 0 Å². The molecule has 0 aliphatic carbocycles. The number of fused-ring (bicyclic) bond motifs is 1. The molecule has 0 N–H and O–H groups in total. The monoisotopic (exact) mass is 416 g/mol. The summed E-state index contributed by atoms with van der Waals surface area (Å²) in [4.78, 5) is 26.7. The number of aromatic nitrogens is 1. The van der Waals surface area contributed by atoms with Crippen molar-refractivity contribution in [1.29, 1.82) is 0 Å². The summed E-state index contributed by atoms with van der Waals surface area (Å²) in [6.45, 7) is 3.77. The predicted octanol–water partition coefficient (Wildman–Crippen LogP) is 1.78. The van der Waals surface area contributed by atoms with Crippen molar-refractivity contribution in [2.75, 3.05) is 41.1 Å². The van der Waals surface area contributed by atoms with E-state index >= 15 is 0 Å². The van der Waals surface area contributed by atoms with Gasteiger partial charge in [-0.2, -0.15) is 0 Å². The van der Waals surface area contributed by atoms with Gasteiger partial charge >= 0.3 is 0 Å². The van der Waals surface area contributed by atoms with Gasteiger partial charge in [0.15, 0.2) is 23.9 Å². The van der Waals surface area contributed by atoms with Crippen LogP contribution in [0.25, 0.3) is 0 Å². The Bertz CT molecular complexity index is 969. The molecular weight excluding hydrogens is 388 g/mol. The summed E-state index contributed by atoms with van der Waals surface area (Å²) in [7, 11) is 4.82. The number of nitrogens with zero attached hydrogens (tertiary/aromatic N) is 2. The number of carbonyl (C=O) groups excluding carboxylic acids is 1. The van der Waals surface area contributed by atoms with Crippen LogP contribution >= 0.6 is 0 Å². The normalized spacial score (nSPS) is 13.0. The smallest absolute Gasteiger partial charge is 0.260 e. The molecule has 1 aromatic heterocycles. The molecule has 1 amide bonds. The number of pyridine rings is 1. The fraction of sp³-hybridized carbons (Fsp3) is 0.455. The van der Waals surface area contributed by atoms with Crippen molar-refractivity contribution in [1.82, 2.24) is 9.47 Å². The van der Waals surface area contributed by atoms with Crippen LogP contribution < -0.4 is 19.6 Å². The van der Waals surface area contributed by atoms with Gasteiger partial charge in [-0.1, -0.05) is 0 Å². The number of benzene rings is 1. The zero-order valence-electron chi connectivity index (χ0n) is 17.9. The third kappa shape index (κ3) is 4.59. The minimum absolute atomic E-state index is 0.165. The first-order valence-corrected chi connectivity index (χ1v) is 9.81. The van der Waals surface area contributed by atoms with Crippen LogP contribution in [-0.2, 0) is 29.0 Å². The summed E-state index contributed by atoms with van der Waals surface area (Å²) in [6, 6.07) is 5.31. The van der Waals surface area contributed by atoms with E-state index in [1.807, 2.05) is 16.7 Å². The van der Waals surface area contributed by atoms with Crippen LogP contribution in [0, 0.1) is 6.92 Å². The number of rotatable bonds is 8. The van der Waals surface area contributed by atoms with Crippen molar-refractivity contribution in [3.05, 3.63) is 51.4 Å². The van der Waals surface area contributed by atoms with Crippen LogP contribution in [0.1, 0.15) is 16.8 Å². The molecule has 8 nitrogen and oxygen atoms in total. The minimum Gasteiger partial charge on any atom is -0.493 e. The van der Waals surface area contributed by atoms with E-state index in [2.05, 4.69) is 0 Å². The van der Waals surface area contributed by atoms with E-state index in [9.17, 15) is 9.59 Å². The number of ether oxygens (including phenoxy) is 4. The molecule has 0 atom stereocenters. The molecule has 0 unspecified atom stereocenters. The fourth-order valence-corrected chi connectivity index (χ4v) is 3.58. The lowest BCUT2D eigenvalue weighted by Gasteiger charge is -2.29. The van der Waals surface area contributed by atoms with Gasteiger partial charge in [-0.05, 0) is 36.6 Å². The third-order valence-electron chi connectivity index (χ3n) is 5.34. The van der Waals surface area contributed by atoms with Crippen LogP contribution in [-0.4, -0.2) is 56.5 Å². The van der Waals surface area contributed by atoms with Gasteiger partial charge in [0.2, 0.25) is 5.43 Å². The lowest BCUT2D eigenvalue weighted by molar-refractivity contribution is -0.134. The molecule has 30 heavy (non-hydrogen) atoms. The summed E-state index contributed by atoms with van der Waals surface area (Å²) in [5.41, 5.74) is 2.59. The average molecular weight is 416 g/mol. The van der Waals surface area contributed by atoms with Gasteiger partial charge in [0.1, 0.15) is 0 Å². The predicted molar refractivity (Wildman–Crippen MR) is 111 cm³/mol. The number of hydrogen-bond acceptors (Lipinski definition) is 6. The SMILES string of the molecule is COCCn1ccc(=O)c(OCC(=O)N2CCc3cc(OC)c(OC)cc3C2)c1C. The van der Waals surface area contributed by atoms with Gasteiger partial charge in [0.05, 0.1) is 26.5 Å². The zero-order chi connectivity index (χ0) is 21.7. The standard InChI is InChI=1S/C22H28N2O6/c1-15-22(18(25)6-8-23(15)9-10-27-2)30-14-21(26)24-7-5-16-11-19(28-3)20(29-4)12-17(16)13-24/h6,8,11-12H,5,7,9-10,13-14H2,1-4H3. The zero-order valence-corrected chi connectivity index (χ0v) is 17.9. The van der Waals surface area contributed by atoms with E-state index in [1.54, 1.807) is 39.3 Å². The van der Waals surface area contributed by atoms with Gasteiger partial charge in [-0.15, -0.1) is 0 Å². The van der Waals surface area contributed by atoms with E-state index in [0.717, 1.165) is 17.5 Å². The number of carbonyl (C=O) groups is 1. The lowest BCUT2D eigenvalue weighted by atomic mass is 9.99. The average Bonchev–Trinajstić information content (AvgIpc) is 2.76. The minimum atomic E-state index is -0.241. The van der Waals surface area contributed by atoms with Crippen molar-refractivity contribution >= 4 is 5.91 Å². The summed E-state index contributed by atoms with van der Waals surface area (Å²) in [5.74, 6) is 1.36. The largest absolute Gasteiger partial charge is 0.493 e. The van der Waals surface area contributed by atoms with Gasteiger partial charge < -0.3 is 28.4 Å². The molecule has 0 fully saturated rings. The Morgan fingerprint density at radius 3 is 2.47 bits per heavy atom. The molecule has 3 rings (SSSR count). The van der Waals surface area contributed by atoms with Crippen molar-refractivity contribution in [2.45, 2.75) is 26.4 Å². The summed E-state index contributed by atoms with van der Waals surface area (Å²) < 4.78 is 23.4. The molecule has 0 radical (unpaired) electrons. The Kier molecular flexibility index (Phi) is 6.99. The lowest BCUT2D eigenvalue weighted by Crippen LogP contribution is -2.39. The van der Waals surface area contributed by atoms with Crippen LogP contribution in [0.2, 0.25) is 0 Å². The van der Waals surface area contributed by atoms with Crippen LogP contribution in [0.3, 0.4) is 0 Å². The molecule has 0 saturated carbocycles. The van der Waals surface area contributed by atoms with Gasteiger partial charge in [0, 0.05) is 39.0 Å². The maximum Gasteiger partial charge on any atom is 0.260 e. The molecule has 1 aliphatic rings. The van der Waals surface area contributed by atoms with E-state index in [0.29, 0.717) is 43.4 Å². The molecule has 2 heterocycles. The second kappa shape index (κ2) is 9.67. The Hall–Kier alpha value is -3.00. The Morgan fingerprint density at radius 2 is 1.80 bits per heavy atom. The van der Waals surface area contributed by atoms with Crippen molar-refractivity contribution in [3.8, 4) is 17.2 Å². The first-order chi connectivity index (χ1) is 14.5. The number of amides is 1. The van der Waals surface area contributed by atoms with Gasteiger partial charge in [-0.25, -0.2) is 0 Å². The summed E-state index contributed by atoms with van der Waals surface area (Å²) in [6.07, 6.45) is 2.42. The molecule has 8 heteroatoms. The van der Waals surface area contributed by atoms with E-state index in [4.69, 9.17) is 18.9 Å². The molecule has 1 aliphatic heterocycles. The highest BCUT2D eigenvalue weighted by molar-refractivity contribution is 5.78. The van der Waals surface area contributed by atoms with Crippen LogP contribution in [0.5, 0.6) is 17.2 Å². The molecule has 0 spiro atoms. The highest BCUT2D eigenvalue weighted by atomic mass is 16.5. The highest BCUT2D eigenvalue weighted by Gasteiger charge is 2.23. The summed E-state index contributed by atoms with van der Waals surface area (Å²) in [5, 5.41) is 0. The Morgan fingerprint density at radius 1 is 1.10 bits per heavy atom. The first kappa shape index (κ1) is 21.7. The maximum absolute atomic E-state index is 12.8. The van der Waals surface area contributed by atoms with Crippen molar-refractivity contribution in [3.63, 3.8) is 0 Å². The second-order valence-electron chi connectivity index (χ2n) is 7.11. The molecular formula is C22H28N2O6. The second-order valence-corrected chi connectivity index (χ2v) is 7.11. The number of methoxy groups -OCH3 is 3. The highest BCUT2D eigenvalue weighted by Crippen LogP contribution is 2.33. The molecule has 2 aromatic rings. The van der Waals surface area contributed by atoms with Gasteiger partial charge in [0.25, 0.3) is 5.91 Å². The molecule has 0 saturated heterocycles. The maximum atomic E-state index is 12.8. The van der Waals surface area contributed by atoms with E-state index < -0.39 is 0 Å². The first-order valence-electron chi connectivity index (χ1n) is 9.81. The van der Waals surface area contributed by atoms with Gasteiger partial charge in [-0.3, -0.25) is 9.59 Å². The van der Waals surface area contributed by atoms with Crippen molar-refractivity contribution < 1.29 is 23.7 Å². The molecule has 1 aromatic carbocycles. The van der Waals surface area contributed by atoms with E-state index in [1.165, 1.54) is 6.07 Å². The Labute approximate surface area is 175 Å². The molecule has 0 bridgehead atoms. The number of hydrogen-bond donors (Lipinski definition) is 0. The van der Waals surface area contributed by atoms with E-state index in [-0.39, 0.29) is 23.7 Å². The fourth-order valence-electron chi connectivity index (χ4n) is 3.58. The topological polar surface area (TPSA) is 79.2 Å². The quantitative estimate of drug-likeness (QED) is 0.653. The van der Waals surface area contributed by atoms with Crippen molar-refractivity contribution in [2.24, 2.45) is 0 Å². The Balaban J connectivity index is 1.69. The third-order valence-corrected chi connectivity index (χ3v) is 5.34. The van der Waals surface area contributed by atoms with Crippen LogP contribution in [0.15, 0.2) is 29.2 Å².